The molecule has 0 bridgehead atoms. The summed E-state index contributed by atoms with van der Waals surface area (Å²) in [4.78, 5) is 10.7. The van der Waals surface area contributed by atoms with E-state index in [1.54, 1.807) is 6.92 Å². The van der Waals surface area contributed by atoms with Gasteiger partial charge in [0.25, 0.3) is 0 Å². The van der Waals surface area contributed by atoms with Crippen molar-refractivity contribution in [3.8, 4) is 0 Å². The molecule has 0 aliphatic carbocycles. The van der Waals surface area contributed by atoms with Gasteiger partial charge in [-0.3, -0.25) is 0 Å². The lowest BCUT2D eigenvalue weighted by Crippen LogP contribution is -2.32. The van der Waals surface area contributed by atoms with Crippen molar-refractivity contribution in [2.45, 2.75) is 30.0 Å². The number of hydrogen-bond acceptors (Lipinski definition) is 5. The molecule has 0 aliphatic heterocycles. The van der Waals surface area contributed by atoms with Gasteiger partial charge in [0.1, 0.15) is 9.09 Å². The monoisotopic (exact) mass is 293 g/mol. The molecule has 0 saturated heterocycles. The Morgan fingerprint density at radius 3 is 2.67 bits per heavy atom. The molecule has 0 spiro atoms. The Bertz CT molecular complexity index is 508. The van der Waals surface area contributed by atoms with Crippen LogP contribution in [0, 0.1) is 0 Å². The summed E-state index contributed by atoms with van der Waals surface area (Å²) in [7, 11) is -3.68. The number of carboxylic acid groups (broad SMARTS) is 1. The van der Waals surface area contributed by atoms with Crippen LogP contribution < -0.4 is 4.72 Å². The van der Waals surface area contributed by atoms with Crippen molar-refractivity contribution in [1.82, 2.24) is 4.72 Å². The Morgan fingerprint density at radius 1 is 1.50 bits per heavy atom. The van der Waals surface area contributed by atoms with E-state index in [0.29, 0.717) is 24.2 Å². The fourth-order valence-electron chi connectivity index (χ4n) is 1.36. The molecule has 0 aliphatic rings. The minimum Gasteiger partial charge on any atom is -0.477 e. The Balaban J connectivity index is 2.76. The topological polar surface area (TPSA) is 104 Å². The standard InChI is InChI=1S/C10H15NO5S2/c1-7(3-2-6-12)11-18(15,16)9-5-4-8(17-9)10(13)14/h4-5,7,11-12H,2-3,6H2,1H3,(H,13,14). The highest BCUT2D eigenvalue weighted by Crippen LogP contribution is 2.21. The highest BCUT2D eigenvalue weighted by atomic mass is 32.2. The van der Waals surface area contributed by atoms with E-state index in [1.807, 2.05) is 0 Å². The van der Waals surface area contributed by atoms with Gasteiger partial charge in [0.15, 0.2) is 0 Å². The minimum atomic E-state index is -3.68. The van der Waals surface area contributed by atoms with Crippen LogP contribution in [0.5, 0.6) is 0 Å². The summed E-state index contributed by atoms with van der Waals surface area (Å²) in [6.45, 7) is 1.70. The third-order valence-corrected chi connectivity index (χ3v) is 5.36. The Hall–Kier alpha value is -0.960. The van der Waals surface area contributed by atoms with Gasteiger partial charge >= 0.3 is 5.97 Å². The number of hydrogen-bond donors (Lipinski definition) is 3. The van der Waals surface area contributed by atoms with Crippen molar-refractivity contribution >= 4 is 27.3 Å². The number of thiophene rings is 1. The van der Waals surface area contributed by atoms with Gasteiger partial charge in [0.2, 0.25) is 10.0 Å². The molecule has 0 radical (unpaired) electrons. The van der Waals surface area contributed by atoms with Crippen LogP contribution >= 0.6 is 11.3 Å². The molecule has 3 N–H and O–H groups in total. The Morgan fingerprint density at radius 2 is 2.17 bits per heavy atom. The first-order valence-corrected chi connectivity index (χ1v) is 7.63. The maximum absolute atomic E-state index is 11.9. The lowest BCUT2D eigenvalue weighted by atomic mass is 10.2. The second-order valence-electron chi connectivity index (χ2n) is 3.81. The van der Waals surface area contributed by atoms with Gasteiger partial charge in [-0.05, 0) is 31.9 Å². The molecule has 1 aromatic heterocycles. The predicted molar refractivity (Wildman–Crippen MR) is 67.4 cm³/mol. The molecule has 0 saturated carbocycles. The van der Waals surface area contributed by atoms with Crippen molar-refractivity contribution in [2.24, 2.45) is 0 Å². The van der Waals surface area contributed by atoms with Gasteiger partial charge in [-0.15, -0.1) is 11.3 Å². The molecule has 1 aromatic rings. The van der Waals surface area contributed by atoms with Gasteiger partial charge < -0.3 is 10.2 Å². The highest BCUT2D eigenvalue weighted by molar-refractivity contribution is 7.91. The largest absolute Gasteiger partial charge is 0.477 e. The van der Waals surface area contributed by atoms with Crippen molar-refractivity contribution < 1.29 is 23.4 Å². The summed E-state index contributed by atoms with van der Waals surface area (Å²) < 4.78 is 26.2. The quantitative estimate of drug-likeness (QED) is 0.692. The first kappa shape index (κ1) is 15.1. The first-order chi connectivity index (χ1) is 8.36. The zero-order valence-electron chi connectivity index (χ0n) is 9.79. The molecular weight excluding hydrogens is 278 g/mol. The molecule has 1 atom stereocenters. The van der Waals surface area contributed by atoms with Crippen molar-refractivity contribution in [3.05, 3.63) is 17.0 Å². The van der Waals surface area contributed by atoms with E-state index >= 15 is 0 Å². The maximum Gasteiger partial charge on any atom is 0.345 e. The van der Waals surface area contributed by atoms with Crippen LogP contribution in [0.1, 0.15) is 29.4 Å². The van der Waals surface area contributed by atoms with Gasteiger partial charge in [-0.25, -0.2) is 17.9 Å². The molecule has 1 rings (SSSR count). The van der Waals surface area contributed by atoms with Crippen molar-refractivity contribution in [2.75, 3.05) is 6.61 Å². The highest BCUT2D eigenvalue weighted by Gasteiger charge is 2.20. The van der Waals surface area contributed by atoms with Crippen LogP contribution in [0.2, 0.25) is 0 Å². The second-order valence-corrected chi connectivity index (χ2v) is 6.84. The Kier molecular flexibility index (Phi) is 5.27. The van der Waals surface area contributed by atoms with Crippen LogP contribution in [0.4, 0.5) is 0 Å². The zero-order valence-corrected chi connectivity index (χ0v) is 11.4. The van der Waals surface area contributed by atoms with E-state index in [-0.39, 0.29) is 21.7 Å². The molecule has 0 aromatic carbocycles. The number of aromatic carboxylic acids is 1. The molecule has 18 heavy (non-hydrogen) atoms. The number of sulfonamides is 1. The number of rotatable bonds is 7. The summed E-state index contributed by atoms with van der Waals surface area (Å²) in [6.07, 6.45) is 1.03. The van der Waals surface area contributed by atoms with Crippen LogP contribution in [0.15, 0.2) is 16.3 Å². The third-order valence-electron chi connectivity index (χ3n) is 2.21. The van der Waals surface area contributed by atoms with Crippen LogP contribution in [-0.2, 0) is 10.0 Å². The predicted octanol–water partition coefficient (Wildman–Crippen LogP) is 0.886. The van der Waals surface area contributed by atoms with Crippen molar-refractivity contribution in [1.29, 1.82) is 0 Å². The van der Waals surface area contributed by atoms with E-state index < -0.39 is 16.0 Å². The molecular formula is C10H15NO5S2. The van der Waals surface area contributed by atoms with Gasteiger partial charge in [0.05, 0.1) is 0 Å². The SMILES string of the molecule is CC(CCCO)NS(=O)(=O)c1ccc(C(=O)O)s1. The van der Waals surface area contributed by atoms with Crippen LogP contribution in [0.25, 0.3) is 0 Å². The fraction of sp³-hybridized carbons (Fsp3) is 0.500. The van der Waals surface area contributed by atoms with Gasteiger partial charge in [-0.2, -0.15) is 0 Å². The number of aliphatic hydroxyl groups excluding tert-OH is 1. The van der Waals surface area contributed by atoms with Crippen LogP contribution in [-0.4, -0.2) is 37.2 Å². The maximum atomic E-state index is 11.9. The number of carbonyl (C=O) groups is 1. The minimum absolute atomic E-state index is 0.00817. The van der Waals surface area contributed by atoms with E-state index in [9.17, 15) is 13.2 Å². The summed E-state index contributed by atoms with van der Waals surface area (Å²) in [5.41, 5.74) is 0. The first-order valence-electron chi connectivity index (χ1n) is 5.33. The lowest BCUT2D eigenvalue weighted by molar-refractivity contribution is 0.0702. The summed E-state index contributed by atoms with van der Waals surface area (Å²) in [5.74, 6) is -1.14. The number of nitrogens with one attached hydrogen (secondary N) is 1. The van der Waals surface area contributed by atoms with E-state index in [4.69, 9.17) is 10.2 Å². The molecule has 102 valence electrons. The zero-order chi connectivity index (χ0) is 13.8. The summed E-state index contributed by atoms with van der Waals surface area (Å²) in [5, 5.41) is 17.4. The Labute approximate surface area is 109 Å². The molecule has 1 unspecified atom stereocenters. The van der Waals surface area contributed by atoms with E-state index in [2.05, 4.69) is 4.72 Å². The normalized spacial score (nSPS) is 13.4. The number of aliphatic hydroxyl groups is 1. The van der Waals surface area contributed by atoms with Gasteiger partial charge in [-0.1, -0.05) is 0 Å². The van der Waals surface area contributed by atoms with Crippen LogP contribution in [0.3, 0.4) is 0 Å². The molecule has 8 heteroatoms. The fourth-order valence-corrected chi connectivity index (χ4v) is 3.80. The van der Waals surface area contributed by atoms with Gasteiger partial charge in [0, 0.05) is 12.6 Å². The smallest absolute Gasteiger partial charge is 0.345 e. The third kappa shape index (κ3) is 4.05. The molecule has 0 fully saturated rings. The average Bonchev–Trinajstić information content (AvgIpc) is 2.75. The molecule has 1 heterocycles. The molecule has 6 nitrogen and oxygen atoms in total. The van der Waals surface area contributed by atoms with Crippen molar-refractivity contribution in [3.63, 3.8) is 0 Å². The number of carboxylic acids is 1. The summed E-state index contributed by atoms with van der Waals surface area (Å²) in [6, 6.07) is 2.23. The molecule has 0 amide bonds. The lowest BCUT2D eigenvalue weighted by Gasteiger charge is -2.12. The average molecular weight is 293 g/mol. The second kappa shape index (κ2) is 6.28. The van der Waals surface area contributed by atoms with E-state index in [0.717, 1.165) is 0 Å². The summed E-state index contributed by atoms with van der Waals surface area (Å²) >= 11 is 0.714. The van der Waals surface area contributed by atoms with E-state index in [1.165, 1.54) is 12.1 Å².